The highest BCUT2D eigenvalue weighted by molar-refractivity contribution is 5.31. The Morgan fingerprint density at radius 3 is 1.60 bits per heavy atom. The van der Waals surface area contributed by atoms with E-state index in [0.717, 1.165) is 22.3 Å². The van der Waals surface area contributed by atoms with E-state index < -0.39 is 36.8 Å². The molecule has 4 aromatic rings. The van der Waals surface area contributed by atoms with Crippen LogP contribution in [0, 0.1) is 0 Å². The molecule has 7 heteroatoms. The van der Waals surface area contributed by atoms with E-state index >= 15 is 0 Å². The van der Waals surface area contributed by atoms with Gasteiger partial charge in [0, 0.05) is 0 Å². The zero-order valence-corrected chi connectivity index (χ0v) is 26.2. The predicted molar refractivity (Wildman–Crippen MR) is 173 cm³/mol. The monoisotopic (exact) mass is 612 g/mol. The second-order valence-corrected chi connectivity index (χ2v) is 12.4. The maximum atomic E-state index is 11.6. The Kier molecular flexibility index (Phi) is 11.4. The zero-order chi connectivity index (χ0) is 31.6. The first-order valence-electron chi connectivity index (χ1n) is 15.5. The van der Waals surface area contributed by atoms with Crippen molar-refractivity contribution in [1.82, 2.24) is 0 Å². The molecule has 2 N–H and O–H groups in total. The third-order valence-corrected chi connectivity index (χ3v) is 7.90. The summed E-state index contributed by atoms with van der Waals surface area (Å²) < 4.78 is 31.6. The Labute approximate surface area is 266 Å². The second-order valence-electron chi connectivity index (χ2n) is 12.4. The van der Waals surface area contributed by atoms with Gasteiger partial charge in [-0.2, -0.15) is 0 Å². The van der Waals surface area contributed by atoms with E-state index in [1.165, 1.54) is 0 Å². The minimum atomic E-state index is -1.44. The van der Waals surface area contributed by atoms with Gasteiger partial charge in [-0.15, -0.1) is 0 Å². The van der Waals surface area contributed by atoms with Gasteiger partial charge in [0.15, 0.2) is 0 Å². The fraction of sp³-hybridized carbons (Fsp3) is 0.368. The van der Waals surface area contributed by atoms with Gasteiger partial charge in [-0.3, -0.25) is 0 Å². The van der Waals surface area contributed by atoms with Crippen molar-refractivity contribution < 1.29 is 33.9 Å². The van der Waals surface area contributed by atoms with Crippen molar-refractivity contribution in [3.63, 3.8) is 0 Å². The molecule has 4 aromatic carbocycles. The predicted octanol–water partition coefficient (Wildman–Crippen LogP) is 6.20. The summed E-state index contributed by atoms with van der Waals surface area (Å²) in [6.45, 7) is 7.35. The fourth-order valence-corrected chi connectivity index (χ4v) is 5.29. The first-order valence-corrected chi connectivity index (χ1v) is 15.5. The molecule has 238 valence electrons. The van der Waals surface area contributed by atoms with Crippen molar-refractivity contribution in [2.24, 2.45) is 0 Å². The van der Waals surface area contributed by atoms with Gasteiger partial charge in [-0.05, 0) is 39.8 Å². The van der Waals surface area contributed by atoms with Gasteiger partial charge < -0.3 is 33.9 Å². The van der Waals surface area contributed by atoms with Crippen LogP contribution in [0.25, 0.3) is 0 Å². The van der Waals surface area contributed by atoms with Crippen LogP contribution < -0.4 is 4.74 Å². The van der Waals surface area contributed by atoms with Gasteiger partial charge in [0.05, 0.1) is 26.4 Å². The van der Waals surface area contributed by atoms with E-state index in [1.54, 1.807) is 0 Å². The molecule has 0 bridgehead atoms. The van der Waals surface area contributed by atoms with Crippen molar-refractivity contribution in [2.45, 2.75) is 82.8 Å². The fourth-order valence-electron chi connectivity index (χ4n) is 5.29. The highest BCUT2D eigenvalue weighted by Gasteiger charge is 2.48. The third kappa shape index (κ3) is 9.23. The number of benzene rings is 4. The quantitative estimate of drug-likeness (QED) is 0.197. The molecule has 45 heavy (non-hydrogen) atoms. The molecular formula is C38H44O7. The number of hydrogen-bond donors (Lipinski definition) is 2. The molecule has 1 heterocycles. The van der Waals surface area contributed by atoms with Crippen LogP contribution in [0.1, 0.15) is 43.0 Å². The molecule has 0 saturated carbocycles. The average molecular weight is 613 g/mol. The highest BCUT2D eigenvalue weighted by atomic mass is 16.7. The summed E-state index contributed by atoms with van der Waals surface area (Å²) >= 11 is 0. The van der Waals surface area contributed by atoms with Crippen molar-refractivity contribution in [3.05, 3.63) is 138 Å². The minimum Gasteiger partial charge on any atom is -0.462 e. The largest absolute Gasteiger partial charge is 0.462 e. The molecule has 0 aromatic heterocycles. The molecular weight excluding hydrogens is 568 g/mol. The lowest BCUT2D eigenvalue weighted by molar-refractivity contribution is -0.206. The Morgan fingerprint density at radius 1 is 0.600 bits per heavy atom. The lowest BCUT2D eigenvalue weighted by atomic mass is 9.87. The third-order valence-electron chi connectivity index (χ3n) is 7.90. The Balaban J connectivity index is 1.42. The Morgan fingerprint density at radius 2 is 1.09 bits per heavy atom. The smallest absolute Gasteiger partial charge is 0.229 e. The van der Waals surface area contributed by atoms with Crippen molar-refractivity contribution in [1.29, 1.82) is 0 Å². The van der Waals surface area contributed by atoms with Crippen LogP contribution in [0.3, 0.4) is 0 Å². The van der Waals surface area contributed by atoms with Crippen LogP contribution in [-0.4, -0.2) is 53.6 Å². The Hall–Kier alpha value is -3.56. The van der Waals surface area contributed by atoms with E-state index in [2.05, 4.69) is 20.8 Å². The van der Waals surface area contributed by atoms with E-state index in [1.807, 2.05) is 115 Å². The summed E-state index contributed by atoms with van der Waals surface area (Å²) in [5.41, 5.74) is 4.01. The summed E-state index contributed by atoms with van der Waals surface area (Å²) in [7, 11) is 0. The Bertz CT molecular complexity index is 1410. The van der Waals surface area contributed by atoms with E-state index in [9.17, 15) is 10.2 Å². The maximum Gasteiger partial charge on any atom is 0.229 e. The zero-order valence-electron chi connectivity index (χ0n) is 26.2. The lowest BCUT2D eigenvalue weighted by Gasteiger charge is -2.33. The molecule has 0 radical (unpaired) electrons. The summed E-state index contributed by atoms with van der Waals surface area (Å²) in [5, 5.41) is 23.1. The lowest BCUT2D eigenvalue weighted by Crippen LogP contribution is -2.50. The van der Waals surface area contributed by atoms with Crippen LogP contribution in [0.5, 0.6) is 5.75 Å². The standard InChI is InChI=1S/C38H44O7/c1-38(2,3)30-19-21-31(22-20-30)44-37-34(40)33(39)36(43-25-29-17-11-6-12-18-29)35(42-24-28-15-9-5-10-16-28)32(45-37)26-41-23-27-13-7-4-8-14-27/h4-22,32-37,39-40H,23-26H2,1-3H3/t32-,33?,34+,35-,36-,37-/m1/s1. The van der Waals surface area contributed by atoms with E-state index in [0.29, 0.717) is 12.4 Å². The SMILES string of the molecule is CC(C)(C)c1ccc(O[C@@H]2O[C@H](COCc3ccccc3)[C@@H](OCc3ccccc3)[C@H](OCc3ccccc3)C(O)[C@@H]2O)cc1. The van der Waals surface area contributed by atoms with Gasteiger partial charge in [0.2, 0.25) is 6.29 Å². The van der Waals surface area contributed by atoms with Crippen LogP contribution in [-0.2, 0) is 44.2 Å². The number of aliphatic hydroxyl groups is 2. The molecule has 1 unspecified atom stereocenters. The average Bonchev–Trinajstić information content (AvgIpc) is 3.14. The van der Waals surface area contributed by atoms with Crippen LogP contribution in [0.4, 0.5) is 0 Å². The normalized spacial score (nSPS) is 23.8. The van der Waals surface area contributed by atoms with Gasteiger partial charge in [0.1, 0.15) is 36.3 Å². The molecule has 1 saturated heterocycles. The molecule has 0 amide bonds. The van der Waals surface area contributed by atoms with E-state index in [4.69, 9.17) is 23.7 Å². The van der Waals surface area contributed by atoms with Crippen LogP contribution in [0.2, 0.25) is 0 Å². The minimum absolute atomic E-state index is 0.0269. The highest BCUT2D eigenvalue weighted by Crippen LogP contribution is 2.30. The molecule has 0 aliphatic carbocycles. The van der Waals surface area contributed by atoms with Gasteiger partial charge in [-0.25, -0.2) is 0 Å². The molecule has 5 rings (SSSR count). The summed E-state index contributed by atoms with van der Waals surface area (Å²) in [6.07, 6.45) is -6.53. The molecule has 6 atom stereocenters. The number of ether oxygens (including phenoxy) is 5. The van der Waals surface area contributed by atoms with Gasteiger partial charge >= 0.3 is 0 Å². The van der Waals surface area contributed by atoms with Crippen molar-refractivity contribution in [2.75, 3.05) is 6.61 Å². The maximum absolute atomic E-state index is 11.6. The van der Waals surface area contributed by atoms with Crippen molar-refractivity contribution in [3.8, 4) is 5.75 Å². The topological polar surface area (TPSA) is 86.6 Å². The van der Waals surface area contributed by atoms with Crippen molar-refractivity contribution >= 4 is 0 Å². The van der Waals surface area contributed by atoms with E-state index in [-0.39, 0.29) is 25.2 Å². The second kappa shape index (κ2) is 15.6. The molecule has 1 aliphatic rings. The number of hydrogen-bond acceptors (Lipinski definition) is 7. The molecule has 1 aliphatic heterocycles. The van der Waals surface area contributed by atoms with Gasteiger partial charge in [-0.1, -0.05) is 124 Å². The van der Waals surface area contributed by atoms with Gasteiger partial charge in [0.25, 0.3) is 0 Å². The first kappa shape index (κ1) is 32.8. The summed E-state index contributed by atoms with van der Waals surface area (Å²) in [4.78, 5) is 0. The summed E-state index contributed by atoms with van der Waals surface area (Å²) in [5.74, 6) is 0.508. The number of aliphatic hydroxyl groups excluding tert-OH is 2. The number of rotatable bonds is 12. The summed E-state index contributed by atoms with van der Waals surface area (Å²) in [6, 6.07) is 37.0. The van der Waals surface area contributed by atoms with Crippen LogP contribution >= 0.6 is 0 Å². The molecule has 1 fully saturated rings. The molecule has 7 nitrogen and oxygen atoms in total. The molecule has 0 spiro atoms. The van der Waals surface area contributed by atoms with Crippen LogP contribution in [0.15, 0.2) is 115 Å². The first-order chi connectivity index (χ1) is 21.8.